The van der Waals surface area contributed by atoms with Crippen molar-refractivity contribution in [3.63, 3.8) is 0 Å². The minimum Gasteiger partial charge on any atom is -0.337 e. The van der Waals surface area contributed by atoms with Gasteiger partial charge in [-0.05, 0) is 42.3 Å². The van der Waals surface area contributed by atoms with E-state index in [9.17, 15) is 4.79 Å². The monoisotopic (exact) mass is 270 g/mol. The first kappa shape index (κ1) is 14.0. The second-order valence-corrected chi connectivity index (χ2v) is 4.71. The highest BCUT2D eigenvalue weighted by Crippen LogP contribution is 2.18. The molecular weight excluding hydrogens is 252 g/mol. The van der Waals surface area contributed by atoms with Gasteiger partial charge in [0.1, 0.15) is 0 Å². The lowest BCUT2D eigenvalue weighted by molar-refractivity contribution is 0.0786. The summed E-state index contributed by atoms with van der Waals surface area (Å²) in [5, 5.41) is 0. The highest BCUT2D eigenvalue weighted by Gasteiger charge is 2.15. The lowest BCUT2D eigenvalue weighted by atomic mass is 10.1. The SMILES string of the molecule is Cc1ccc(C(=O)N(C)Cc2ccncc2)c(NN)c1. The van der Waals surface area contributed by atoms with Gasteiger partial charge in [0.25, 0.3) is 5.91 Å². The third-order valence-electron chi connectivity index (χ3n) is 3.08. The molecule has 0 saturated heterocycles. The molecule has 0 aliphatic rings. The topological polar surface area (TPSA) is 71.2 Å². The molecule has 5 nitrogen and oxygen atoms in total. The molecule has 0 fully saturated rings. The Morgan fingerprint density at radius 2 is 2.00 bits per heavy atom. The number of amides is 1. The van der Waals surface area contributed by atoms with Crippen LogP contribution in [0.25, 0.3) is 0 Å². The second-order valence-electron chi connectivity index (χ2n) is 4.71. The number of carbonyl (C=O) groups excluding carboxylic acids is 1. The van der Waals surface area contributed by atoms with Crippen LogP contribution in [-0.4, -0.2) is 22.8 Å². The Balaban J connectivity index is 2.18. The number of rotatable bonds is 4. The van der Waals surface area contributed by atoms with E-state index >= 15 is 0 Å². The third-order valence-corrected chi connectivity index (χ3v) is 3.08. The maximum atomic E-state index is 12.5. The van der Waals surface area contributed by atoms with E-state index in [1.54, 1.807) is 30.4 Å². The number of aryl methyl sites for hydroxylation is 1. The van der Waals surface area contributed by atoms with Crippen LogP contribution in [0.1, 0.15) is 21.5 Å². The van der Waals surface area contributed by atoms with E-state index in [1.807, 2.05) is 31.2 Å². The summed E-state index contributed by atoms with van der Waals surface area (Å²) >= 11 is 0. The van der Waals surface area contributed by atoms with Crippen molar-refractivity contribution < 1.29 is 4.79 Å². The number of anilines is 1. The highest BCUT2D eigenvalue weighted by atomic mass is 16.2. The predicted octanol–water partition coefficient (Wildman–Crippen LogP) is 1.95. The van der Waals surface area contributed by atoms with Crippen molar-refractivity contribution in [2.24, 2.45) is 5.84 Å². The fourth-order valence-electron chi connectivity index (χ4n) is 2.00. The summed E-state index contributed by atoms with van der Waals surface area (Å²) in [7, 11) is 1.77. The van der Waals surface area contributed by atoms with E-state index in [0.717, 1.165) is 11.1 Å². The normalized spacial score (nSPS) is 10.2. The van der Waals surface area contributed by atoms with Gasteiger partial charge < -0.3 is 10.3 Å². The molecule has 1 aromatic carbocycles. The summed E-state index contributed by atoms with van der Waals surface area (Å²) in [6, 6.07) is 9.32. The second kappa shape index (κ2) is 6.16. The quantitative estimate of drug-likeness (QED) is 0.658. The summed E-state index contributed by atoms with van der Waals surface area (Å²) in [6.07, 6.45) is 3.43. The standard InChI is InChI=1S/C15H18N4O/c1-11-3-4-13(14(9-11)18-16)15(20)19(2)10-12-5-7-17-8-6-12/h3-9,18H,10,16H2,1-2H3. The van der Waals surface area contributed by atoms with Gasteiger partial charge in [-0.3, -0.25) is 15.6 Å². The number of nitrogens with zero attached hydrogens (tertiary/aromatic N) is 2. The van der Waals surface area contributed by atoms with Crippen LogP contribution in [0.2, 0.25) is 0 Å². The Morgan fingerprint density at radius 3 is 2.65 bits per heavy atom. The van der Waals surface area contributed by atoms with Gasteiger partial charge in [0.15, 0.2) is 0 Å². The Labute approximate surface area is 118 Å². The molecule has 1 amide bonds. The van der Waals surface area contributed by atoms with Crippen LogP contribution >= 0.6 is 0 Å². The molecule has 0 atom stereocenters. The van der Waals surface area contributed by atoms with Crippen molar-refractivity contribution in [1.29, 1.82) is 0 Å². The molecule has 0 saturated carbocycles. The molecule has 0 spiro atoms. The van der Waals surface area contributed by atoms with Crippen LogP contribution in [0.15, 0.2) is 42.7 Å². The average molecular weight is 270 g/mol. The average Bonchev–Trinajstić information content (AvgIpc) is 2.47. The number of nitrogen functional groups attached to an aromatic ring is 1. The maximum Gasteiger partial charge on any atom is 0.256 e. The number of hydrazine groups is 1. The van der Waals surface area contributed by atoms with Crippen LogP contribution in [0.3, 0.4) is 0 Å². The number of aromatic nitrogens is 1. The number of hydrogen-bond acceptors (Lipinski definition) is 4. The summed E-state index contributed by atoms with van der Waals surface area (Å²) in [4.78, 5) is 18.1. The van der Waals surface area contributed by atoms with Crippen molar-refractivity contribution >= 4 is 11.6 Å². The Morgan fingerprint density at radius 1 is 1.30 bits per heavy atom. The van der Waals surface area contributed by atoms with Gasteiger partial charge in [0.2, 0.25) is 0 Å². The lowest BCUT2D eigenvalue weighted by Gasteiger charge is -2.19. The fourth-order valence-corrected chi connectivity index (χ4v) is 2.00. The third kappa shape index (κ3) is 3.13. The zero-order chi connectivity index (χ0) is 14.5. The van der Waals surface area contributed by atoms with Crippen molar-refractivity contribution in [3.8, 4) is 0 Å². The molecule has 0 radical (unpaired) electrons. The van der Waals surface area contributed by atoms with Gasteiger partial charge in [-0.15, -0.1) is 0 Å². The van der Waals surface area contributed by atoms with E-state index in [2.05, 4.69) is 10.4 Å². The molecule has 1 heterocycles. The molecule has 20 heavy (non-hydrogen) atoms. The number of hydrogen-bond donors (Lipinski definition) is 2. The molecular formula is C15H18N4O. The van der Waals surface area contributed by atoms with Gasteiger partial charge in [-0.25, -0.2) is 0 Å². The smallest absolute Gasteiger partial charge is 0.256 e. The fraction of sp³-hybridized carbons (Fsp3) is 0.200. The van der Waals surface area contributed by atoms with Gasteiger partial charge >= 0.3 is 0 Å². The van der Waals surface area contributed by atoms with Gasteiger partial charge in [0, 0.05) is 26.0 Å². The minimum atomic E-state index is -0.0743. The van der Waals surface area contributed by atoms with E-state index in [4.69, 9.17) is 5.84 Å². The molecule has 0 aliphatic carbocycles. The van der Waals surface area contributed by atoms with Crippen molar-refractivity contribution in [2.45, 2.75) is 13.5 Å². The molecule has 3 N–H and O–H groups in total. The minimum absolute atomic E-state index is 0.0743. The molecule has 104 valence electrons. The zero-order valence-electron chi connectivity index (χ0n) is 11.6. The maximum absolute atomic E-state index is 12.5. The zero-order valence-corrected chi connectivity index (χ0v) is 11.6. The van der Waals surface area contributed by atoms with Crippen LogP contribution in [0, 0.1) is 6.92 Å². The van der Waals surface area contributed by atoms with Crippen molar-refractivity contribution in [2.75, 3.05) is 12.5 Å². The van der Waals surface area contributed by atoms with Gasteiger partial charge in [-0.2, -0.15) is 0 Å². The number of pyridine rings is 1. The van der Waals surface area contributed by atoms with Crippen LogP contribution in [-0.2, 0) is 6.54 Å². The first-order chi connectivity index (χ1) is 9.61. The molecule has 2 aromatic rings. The number of nitrogens with two attached hydrogens (primary N) is 1. The van der Waals surface area contributed by atoms with E-state index < -0.39 is 0 Å². The Kier molecular flexibility index (Phi) is 4.32. The Hall–Kier alpha value is -2.40. The van der Waals surface area contributed by atoms with Gasteiger partial charge in [-0.1, -0.05) is 6.07 Å². The van der Waals surface area contributed by atoms with Crippen molar-refractivity contribution in [1.82, 2.24) is 9.88 Å². The van der Waals surface area contributed by atoms with Crippen LogP contribution in [0.5, 0.6) is 0 Å². The molecule has 5 heteroatoms. The van der Waals surface area contributed by atoms with Crippen molar-refractivity contribution in [3.05, 3.63) is 59.4 Å². The van der Waals surface area contributed by atoms with E-state index in [0.29, 0.717) is 17.8 Å². The first-order valence-corrected chi connectivity index (χ1v) is 6.33. The number of carbonyl (C=O) groups is 1. The predicted molar refractivity (Wildman–Crippen MR) is 79.0 cm³/mol. The molecule has 1 aromatic heterocycles. The first-order valence-electron chi connectivity index (χ1n) is 6.33. The lowest BCUT2D eigenvalue weighted by Crippen LogP contribution is -2.27. The molecule has 0 aliphatic heterocycles. The van der Waals surface area contributed by atoms with Crippen LogP contribution < -0.4 is 11.3 Å². The molecule has 2 rings (SSSR count). The summed E-state index contributed by atoms with van der Waals surface area (Å²) in [5.74, 6) is 5.41. The summed E-state index contributed by atoms with van der Waals surface area (Å²) in [6.45, 7) is 2.48. The largest absolute Gasteiger partial charge is 0.337 e. The highest BCUT2D eigenvalue weighted by molar-refractivity contribution is 5.99. The Bertz CT molecular complexity index is 598. The van der Waals surface area contributed by atoms with E-state index in [-0.39, 0.29) is 5.91 Å². The number of benzene rings is 1. The molecule has 0 bridgehead atoms. The number of nitrogens with one attached hydrogen (secondary N) is 1. The molecule has 0 unspecified atom stereocenters. The summed E-state index contributed by atoms with van der Waals surface area (Å²) in [5.41, 5.74) is 5.86. The van der Waals surface area contributed by atoms with Gasteiger partial charge in [0.05, 0.1) is 11.3 Å². The van der Waals surface area contributed by atoms with E-state index in [1.165, 1.54) is 0 Å². The van der Waals surface area contributed by atoms with Crippen LogP contribution in [0.4, 0.5) is 5.69 Å². The summed E-state index contributed by atoms with van der Waals surface area (Å²) < 4.78 is 0.